The standard InChI is InChI=1S/C14H20N4O6S/c1-14(2,3)24-10(20)6-23-17-16-5-7-11(13(21)22)18-8(19)4-9(18)25-12(7)15/h5,9,12,17H,4,6,15H2,1-3H3,(H,21,22)/t9-,12?/m1/s1. The summed E-state index contributed by atoms with van der Waals surface area (Å²) in [5.41, 5.74) is 7.46. The summed E-state index contributed by atoms with van der Waals surface area (Å²) in [6.07, 6.45) is 1.43. The lowest BCUT2D eigenvalue weighted by atomic mass is 10.1. The van der Waals surface area contributed by atoms with E-state index in [2.05, 4.69) is 10.7 Å². The number of rotatable bonds is 6. The number of carbonyl (C=O) groups excluding carboxylic acids is 2. The van der Waals surface area contributed by atoms with Crippen LogP contribution in [0.25, 0.3) is 0 Å². The van der Waals surface area contributed by atoms with E-state index >= 15 is 0 Å². The van der Waals surface area contributed by atoms with Crippen LogP contribution >= 0.6 is 11.8 Å². The van der Waals surface area contributed by atoms with E-state index in [-0.39, 0.29) is 35.6 Å². The Bertz CT molecular complexity index is 642. The van der Waals surface area contributed by atoms with Crippen LogP contribution in [0.4, 0.5) is 0 Å². The molecule has 2 rings (SSSR count). The molecular weight excluding hydrogens is 352 g/mol. The molecule has 0 aromatic carbocycles. The average molecular weight is 372 g/mol. The van der Waals surface area contributed by atoms with Gasteiger partial charge >= 0.3 is 11.9 Å². The zero-order valence-corrected chi connectivity index (χ0v) is 14.8. The van der Waals surface area contributed by atoms with E-state index in [4.69, 9.17) is 15.3 Å². The van der Waals surface area contributed by atoms with Gasteiger partial charge in [-0.25, -0.2) is 14.4 Å². The predicted octanol–water partition coefficient (Wildman–Crippen LogP) is -0.236. The second kappa shape index (κ2) is 7.42. The number of thioether (sulfide) groups is 1. The minimum Gasteiger partial charge on any atom is -0.477 e. The fraction of sp³-hybridized carbons (Fsp3) is 0.571. The maximum atomic E-state index is 11.6. The van der Waals surface area contributed by atoms with E-state index in [0.717, 1.165) is 6.21 Å². The smallest absolute Gasteiger partial charge is 0.353 e. The molecule has 0 bridgehead atoms. The minimum absolute atomic E-state index is 0.176. The van der Waals surface area contributed by atoms with Crippen molar-refractivity contribution in [2.24, 2.45) is 10.8 Å². The number of fused-ring (bicyclic) bond motifs is 1. The van der Waals surface area contributed by atoms with Gasteiger partial charge in [-0.2, -0.15) is 10.7 Å². The van der Waals surface area contributed by atoms with Crippen molar-refractivity contribution in [2.45, 2.75) is 43.5 Å². The first kappa shape index (κ1) is 19.2. The van der Waals surface area contributed by atoms with Crippen molar-refractivity contribution in [3.63, 3.8) is 0 Å². The number of aliphatic carboxylic acids is 1. The van der Waals surface area contributed by atoms with Crippen molar-refractivity contribution in [3.05, 3.63) is 11.3 Å². The number of amides is 1. The van der Waals surface area contributed by atoms with Gasteiger partial charge in [-0.1, -0.05) is 0 Å². The number of carboxylic acids is 1. The number of hydrogen-bond donors (Lipinski definition) is 3. The molecule has 0 saturated carbocycles. The van der Waals surface area contributed by atoms with Gasteiger partial charge < -0.3 is 15.6 Å². The van der Waals surface area contributed by atoms with Crippen LogP contribution in [-0.2, 0) is 24.0 Å². The lowest BCUT2D eigenvalue weighted by Gasteiger charge is -2.45. The summed E-state index contributed by atoms with van der Waals surface area (Å²) in [5, 5.41) is 12.2. The number of carboxylic acid groups (broad SMARTS) is 1. The van der Waals surface area contributed by atoms with Crippen LogP contribution < -0.4 is 11.3 Å². The van der Waals surface area contributed by atoms with Crippen molar-refractivity contribution < 1.29 is 29.1 Å². The van der Waals surface area contributed by atoms with Crippen molar-refractivity contribution in [1.29, 1.82) is 0 Å². The highest BCUT2D eigenvalue weighted by Crippen LogP contribution is 2.41. The molecule has 2 heterocycles. The number of hydrogen-bond acceptors (Lipinski definition) is 9. The highest BCUT2D eigenvalue weighted by Gasteiger charge is 2.47. The number of ether oxygens (including phenoxy) is 1. The molecule has 1 amide bonds. The molecule has 4 N–H and O–H groups in total. The fourth-order valence-corrected chi connectivity index (χ4v) is 3.48. The topological polar surface area (TPSA) is 144 Å². The molecule has 25 heavy (non-hydrogen) atoms. The van der Waals surface area contributed by atoms with Crippen LogP contribution in [0.3, 0.4) is 0 Å². The highest BCUT2D eigenvalue weighted by atomic mass is 32.2. The molecule has 0 radical (unpaired) electrons. The number of nitrogens with two attached hydrogens (primary N) is 1. The Labute approximate surface area is 148 Å². The Balaban J connectivity index is 1.96. The van der Waals surface area contributed by atoms with Gasteiger partial charge in [0, 0.05) is 5.57 Å². The first-order chi connectivity index (χ1) is 11.6. The predicted molar refractivity (Wildman–Crippen MR) is 88.9 cm³/mol. The van der Waals surface area contributed by atoms with E-state index in [1.165, 1.54) is 16.7 Å². The van der Waals surface area contributed by atoms with Gasteiger partial charge in [-0.05, 0) is 20.8 Å². The van der Waals surface area contributed by atoms with Crippen LogP contribution in [-0.4, -0.2) is 57.0 Å². The molecule has 138 valence electrons. The molecule has 1 saturated heterocycles. The van der Waals surface area contributed by atoms with Crippen LogP contribution in [0.2, 0.25) is 0 Å². The van der Waals surface area contributed by atoms with Gasteiger partial charge in [-0.15, -0.1) is 11.8 Å². The summed E-state index contributed by atoms with van der Waals surface area (Å²) < 4.78 is 5.03. The van der Waals surface area contributed by atoms with Crippen LogP contribution in [0, 0.1) is 0 Å². The molecule has 0 aromatic heterocycles. The third-order valence-electron chi connectivity index (χ3n) is 3.16. The summed E-state index contributed by atoms with van der Waals surface area (Å²) in [6.45, 7) is 4.79. The molecule has 0 aromatic rings. The zero-order valence-electron chi connectivity index (χ0n) is 14.0. The first-order valence-corrected chi connectivity index (χ1v) is 8.36. The Hall–Kier alpha value is -2.11. The van der Waals surface area contributed by atoms with Gasteiger partial charge in [0.1, 0.15) is 11.3 Å². The Morgan fingerprint density at radius 3 is 2.76 bits per heavy atom. The SMILES string of the molecule is CC(C)(C)OC(=O)CONN=CC1=C(C(=O)O)N2C(=O)C[C@H]2SC1N. The maximum absolute atomic E-state index is 11.6. The molecule has 2 atom stereocenters. The van der Waals surface area contributed by atoms with E-state index in [0.29, 0.717) is 0 Å². The fourth-order valence-electron chi connectivity index (χ4n) is 2.24. The number of β-lactam (4-membered cyclic amide) rings is 1. The van der Waals surface area contributed by atoms with E-state index < -0.39 is 22.9 Å². The lowest BCUT2D eigenvalue weighted by molar-refractivity contribution is -0.163. The summed E-state index contributed by atoms with van der Waals surface area (Å²) in [5.74, 6) is -2.12. The van der Waals surface area contributed by atoms with Gasteiger partial charge in [0.25, 0.3) is 0 Å². The van der Waals surface area contributed by atoms with Gasteiger partial charge in [0.05, 0.1) is 23.4 Å². The van der Waals surface area contributed by atoms with E-state index in [9.17, 15) is 19.5 Å². The number of nitrogens with zero attached hydrogens (tertiary/aromatic N) is 2. The molecule has 11 heteroatoms. The third kappa shape index (κ3) is 4.71. The molecule has 0 aliphatic carbocycles. The second-order valence-corrected chi connectivity index (χ2v) is 7.64. The quantitative estimate of drug-likeness (QED) is 0.189. The number of nitrogens with one attached hydrogen (secondary N) is 1. The van der Waals surface area contributed by atoms with E-state index in [1.54, 1.807) is 20.8 Å². The number of esters is 1. The van der Waals surface area contributed by atoms with Crippen molar-refractivity contribution in [2.75, 3.05) is 6.61 Å². The molecule has 2 aliphatic rings. The third-order valence-corrected chi connectivity index (χ3v) is 4.40. The van der Waals surface area contributed by atoms with Crippen LogP contribution in [0.5, 0.6) is 0 Å². The Morgan fingerprint density at radius 2 is 2.20 bits per heavy atom. The summed E-state index contributed by atoms with van der Waals surface area (Å²) in [7, 11) is 0. The molecular formula is C14H20N4O6S. The van der Waals surface area contributed by atoms with Crippen LogP contribution in [0.15, 0.2) is 16.4 Å². The van der Waals surface area contributed by atoms with E-state index in [1.807, 2.05) is 0 Å². The van der Waals surface area contributed by atoms with Gasteiger partial charge in [0.2, 0.25) is 5.91 Å². The summed E-state index contributed by atoms with van der Waals surface area (Å²) in [6, 6.07) is 0. The largest absolute Gasteiger partial charge is 0.477 e. The minimum atomic E-state index is -1.26. The second-order valence-electron chi connectivity index (χ2n) is 6.31. The monoisotopic (exact) mass is 372 g/mol. The summed E-state index contributed by atoms with van der Waals surface area (Å²) in [4.78, 5) is 40.6. The van der Waals surface area contributed by atoms with Crippen molar-refractivity contribution in [1.82, 2.24) is 10.5 Å². The molecule has 10 nitrogen and oxygen atoms in total. The molecule has 0 spiro atoms. The van der Waals surface area contributed by atoms with Gasteiger partial charge in [0.15, 0.2) is 6.61 Å². The summed E-state index contributed by atoms with van der Waals surface area (Å²) >= 11 is 1.27. The lowest BCUT2D eigenvalue weighted by Crippen LogP contribution is -2.56. The molecule has 2 aliphatic heterocycles. The number of hydrazone groups is 1. The zero-order chi connectivity index (χ0) is 18.8. The van der Waals surface area contributed by atoms with Crippen molar-refractivity contribution in [3.8, 4) is 0 Å². The van der Waals surface area contributed by atoms with Crippen LogP contribution in [0.1, 0.15) is 27.2 Å². The normalized spacial score (nSPS) is 23.4. The Kier molecular flexibility index (Phi) is 5.70. The molecule has 1 unspecified atom stereocenters. The molecule has 1 fully saturated rings. The van der Waals surface area contributed by atoms with Gasteiger partial charge in [-0.3, -0.25) is 9.69 Å². The average Bonchev–Trinajstić information content (AvgIpc) is 2.45. The first-order valence-electron chi connectivity index (χ1n) is 7.42. The number of carbonyl (C=O) groups is 3. The Morgan fingerprint density at radius 1 is 1.52 bits per heavy atom. The van der Waals surface area contributed by atoms with Crippen molar-refractivity contribution >= 4 is 35.8 Å². The maximum Gasteiger partial charge on any atom is 0.353 e. The highest BCUT2D eigenvalue weighted by molar-refractivity contribution is 8.00.